The lowest BCUT2D eigenvalue weighted by Crippen LogP contribution is -2.16. The van der Waals surface area contributed by atoms with Crippen molar-refractivity contribution >= 4 is 18.6 Å². The fourth-order valence-corrected chi connectivity index (χ4v) is 7.47. The summed E-state index contributed by atoms with van der Waals surface area (Å²) in [6, 6.07) is 10.0. The van der Waals surface area contributed by atoms with Crippen LogP contribution in [0.2, 0.25) is 0 Å². The number of nitrogens with one attached hydrogen (secondary N) is 2. The summed E-state index contributed by atoms with van der Waals surface area (Å²) in [7, 11) is -3.13. The normalized spacial score (nSPS) is 12.9. The van der Waals surface area contributed by atoms with Gasteiger partial charge in [-0.2, -0.15) is 4.98 Å². The summed E-state index contributed by atoms with van der Waals surface area (Å²) < 4.78 is 36.3. The number of nitrogens with zero attached hydrogens (tertiary/aromatic N) is 2. The first-order chi connectivity index (χ1) is 23.6. The summed E-state index contributed by atoms with van der Waals surface area (Å²) in [6.07, 6.45) is 24.2. The Bertz CT molecular complexity index is 1260. The highest BCUT2D eigenvalue weighted by atomic mass is 31.2. The maximum absolute atomic E-state index is 13.2. The Hall–Kier alpha value is -2.29. The first-order valence-electron chi connectivity index (χ1n) is 18.8. The van der Waals surface area contributed by atoms with Crippen LogP contribution in [0, 0.1) is 0 Å². The molecule has 0 aliphatic carbocycles. The van der Waals surface area contributed by atoms with Crippen molar-refractivity contribution in [2.75, 3.05) is 39.1 Å². The van der Waals surface area contributed by atoms with Crippen molar-refractivity contribution in [1.82, 2.24) is 20.3 Å². The Morgan fingerprint density at radius 2 is 1.42 bits per heavy atom. The predicted molar refractivity (Wildman–Crippen MR) is 197 cm³/mol. The maximum Gasteiger partial charge on any atom is 0.330 e. The smallest absolute Gasteiger partial charge is 0.330 e. The highest BCUT2D eigenvalue weighted by Gasteiger charge is 2.23. The van der Waals surface area contributed by atoms with Gasteiger partial charge in [0.05, 0.1) is 24.9 Å². The van der Waals surface area contributed by atoms with Crippen molar-refractivity contribution in [3.63, 3.8) is 0 Å². The van der Waals surface area contributed by atoms with E-state index in [9.17, 15) is 4.57 Å². The van der Waals surface area contributed by atoms with Gasteiger partial charge in [-0.15, -0.1) is 0 Å². The highest BCUT2D eigenvalue weighted by Crippen LogP contribution is 2.48. The third-order valence-corrected chi connectivity index (χ3v) is 10.6. The molecule has 0 saturated carbocycles. The molecule has 0 bridgehead atoms. The largest absolute Gasteiger partial charge is 0.471 e. The molecule has 0 spiro atoms. The molecule has 9 nitrogen and oxygen atoms in total. The van der Waals surface area contributed by atoms with Gasteiger partial charge in [0.25, 0.3) is 0 Å². The molecule has 1 aromatic carbocycles. The molecule has 2 N–H and O–H groups in total. The molecule has 3 rings (SSSR count). The van der Waals surface area contributed by atoms with Crippen LogP contribution in [-0.2, 0) is 31.5 Å². The van der Waals surface area contributed by atoms with Gasteiger partial charge in [-0.3, -0.25) is 4.57 Å². The minimum Gasteiger partial charge on any atom is -0.471 e. The van der Waals surface area contributed by atoms with Crippen LogP contribution in [0.4, 0.5) is 0 Å². The summed E-state index contributed by atoms with van der Waals surface area (Å²) in [5, 5.41) is 3.43. The molecule has 0 aliphatic heterocycles. The van der Waals surface area contributed by atoms with Gasteiger partial charge in [-0.05, 0) is 38.3 Å². The molecule has 48 heavy (non-hydrogen) atoms. The van der Waals surface area contributed by atoms with Gasteiger partial charge in [0.2, 0.25) is 5.88 Å². The Morgan fingerprint density at radius 3 is 2.10 bits per heavy atom. The third-order valence-electron chi connectivity index (χ3n) is 8.52. The van der Waals surface area contributed by atoms with Crippen molar-refractivity contribution in [3.05, 3.63) is 54.0 Å². The zero-order valence-electron chi connectivity index (χ0n) is 29.9. The molecule has 0 fully saturated rings. The molecular formula is C38H63N4O5P. The number of aromatic nitrogens is 3. The number of benzene rings is 1. The SMILES string of the molecule is CCCCCCCCCCCCCCCCOCCCOP(=O)(CCCNCc1c[nH]c2c(OCc3ccccc3)ncnc12)OCC. The number of aromatic amines is 1. The molecule has 270 valence electrons. The van der Waals surface area contributed by atoms with Crippen molar-refractivity contribution in [2.45, 2.75) is 130 Å². The maximum atomic E-state index is 13.2. The lowest BCUT2D eigenvalue weighted by Gasteiger charge is -2.18. The van der Waals surface area contributed by atoms with E-state index in [2.05, 4.69) is 27.2 Å². The highest BCUT2D eigenvalue weighted by molar-refractivity contribution is 7.53. The monoisotopic (exact) mass is 686 g/mol. The fourth-order valence-electron chi connectivity index (χ4n) is 5.79. The summed E-state index contributed by atoms with van der Waals surface area (Å²) in [4.78, 5) is 12.0. The number of unbranched alkanes of at least 4 members (excludes halogenated alkanes) is 13. The molecule has 10 heteroatoms. The molecule has 1 unspecified atom stereocenters. The van der Waals surface area contributed by atoms with Gasteiger partial charge >= 0.3 is 7.60 Å². The summed E-state index contributed by atoms with van der Waals surface area (Å²) in [5.74, 6) is 0.533. The Morgan fingerprint density at radius 1 is 0.750 bits per heavy atom. The average Bonchev–Trinajstić information content (AvgIpc) is 3.52. The molecule has 0 aliphatic rings. The zero-order chi connectivity index (χ0) is 34.0. The van der Waals surface area contributed by atoms with E-state index < -0.39 is 7.60 Å². The average molecular weight is 687 g/mol. The second-order valence-electron chi connectivity index (χ2n) is 12.7. The number of hydrogen-bond donors (Lipinski definition) is 2. The Balaban J connectivity index is 1.18. The van der Waals surface area contributed by atoms with Crippen LogP contribution in [0.15, 0.2) is 42.9 Å². The number of fused-ring (bicyclic) bond motifs is 1. The zero-order valence-corrected chi connectivity index (χ0v) is 30.8. The fraction of sp³-hybridized carbons (Fsp3) is 0.684. The van der Waals surface area contributed by atoms with Crippen molar-refractivity contribution in [3.8, 4) is 5.88 Å². The second-order valence-corrected chi connectivity index (χ2v) is 14.9. The van der Waals surface area contributed by atoms with Crippen LogP contribution in [0.25, 0.3) is 11.0 Å². The molecular weight excluding hydrogens is 623 g/mol. The van der Waals surface area contributed by atoms with E-state index in [1.807, 2.05) is 43.5 Å². The van der Waals surface area contributed by atoms with E-state index in [0.717, 1.165) is 35.2 Å². The van der Waals surface area contributed by atoms with Crippen LogP contribution in [0.5, 0.6) is 5.88 Å². The van der Waals surface area contributed by atoms with Crippen LogP contribution in [0.1, 0.15) is 128 Å². The molecule has 0 radical (unpaired) electrons. The molecule has 1 atom stereocenters. The molecule has 0 amide bonds. The lowest BCUT2D eigenvalue weighted by atomic mass is 10.0. The second kappa shape index (κ2) is 25.6. The van der Waals surface area contributed by atoms with Gasteiger partial charge in [-0.1, -0.05) is 121 Å². The van der Waals surface area contributed by atoms with E-state index in [-0.39, 0.29) is 0 Å². The minimum absolute atomic E-state index is 0.365. The van der Waals surface area contributed by atoms with Crippen LogP contribution in [-0.4, -0.2) is 54.1 Å². The molecule has 3 aromatic rings. The standard InChI is InChI=1S/C38H63N4O5P/c1-3-5-6-7-8-9-10-11-12-13-14-15-16-20-26-44-27-22-28-47-48(43,46-4-2)29-21-25-39-30-35-31-40-37-36(35)41-33-42-38(37)45-32-34-23-18-17-19-24-34/h17-19,23-24,31,33,39-40H,3-16,20-22,25-30,32H2,1-2H3. The number of rotatable bonds is 31. The van der Waals surface area contributed by atoms with Crippen LogP contribution in [0.3, 0.4) is 0 Å². The van der Waals surface area contributed by atoms with Crippen LogP contribution >= 0.6 is 7.60 Å². The van der Waals surface area contributed by atoms with Gasteiger partial charge in [0.15, 0.2) is 0 Å². The van der Waals surface area contributed by atoms with E-state index in [1.54, 1.807) is 0 Å². The molecule has 2 aromatic heterocycles. The van der Waals surface area contributed by atoms with E-state index in [4.69, 9.17) is 18.5 Å². The van der Waals surface area contributed by atoms with E-state index >= 15 is 0 Å². The molecule has 2 heterocycles. The van der Waals surface area contributed by atoms with Crippen molar-refractivity contribution < 1.29 is 23.1 Å². The van der Waals surface area contributed by atoms with Crippen molar-refractivity contribution in [1.29, 1.82) is 0 Å². The van der Waals surface area contributed by atoms with Gasteiger partial charge in [-0.25, -0.2) is 4.98 Å². The summed E-state index contributed by atoms with van der Waals surface area (Å²) in [5.41, 5.74) is 3.71. The third kappa shape index (κ3) is 16.9. The number of hydrogen-bond acceptors (Lipinski definition) is 8. The van der Waals surface area contributed by atoms with Crippen LogP contribution < -0.4 is 10.1 Å². The quantitative estimate of drug-likeness (QED) is 0.0509. The Labute approximate surface area is 290 Å². The number of H-pyrrole nitrogens is 1. The first kappa shape index (κ1) is 40.1. The molecule has 0 saturated heterocycles. The van der Waals surface area contributed by atoms with E-state index in [1.165, 1.54) is 89.8 Å². The van der Waals surface area contributed by atoms with Gasteiger partial charge in [0.1, 0.15) is 18.5 Å². The summed E-state index contributed by atoms with van der Waals surface area (Å²) >= 11 is 0. The predicted octanol–water partition coefficient (Wildman–Crippen LogP) is 10.2. The summed E-state index contributed by atoms with van der Waals surface area (Å²) in [6.45, 7) is 8.03. The van der Waals surface area contributed by atoms with Crippen molar-refractivity contribution in [2.24, 2.45) is 0 Å². The van der Waals surface area contributed by atoms with E-state index in [0.29, 0.717) is 64.4 Å². The van der Waals surface area contributed by atoms with Gasteiger partial charge in [0, 0.05) is 31.5 Å². The topological polar surface area (TPSA) is 108 Å². The van der Waals surface area contributed by atoms with Gasteiger partial charge < -0.3 is 28.8 Å². The lowest BCUT2D eigenvalue weighted by molar-refractivity contribution is 0.111. The minimum atomic E-state index is -3.13. The Kier molecular flexibility index (Phi) is 21.4. The number of ether oxygens (including phenoxy) is 2. The first-order valence-corrected chi connectivity index (χ1v) is 20.5.